The predicted molar refractivity (Wildman–Crippen MR) is 200 cm³/mol. The highest BCUT2D eigenvalue weighted by atomic mass is 15.0. The van der Waals surface area contributed by atoms with Crippen molar-refractivity contribution in [3.05, 3.63) is 169 Å². The summed E-state index contributed by atoms with van der Waals surface area (Å²) in [4.78, 5) is 9.64. The Morgan fingerprint density at radius 3 is 1.27 bits per heavy atom. The molecule has 0 unspecified atom stereocenters. The average molecular weight is 615 g/mol. The number of aromatic nitrogens is 4. The molecule has 4 heteroatoms. The van der Waals surface area contributed by atoms with Gasteiger partial charge in [0.25, 0.3) is 0 Å². The molecule has 10 rings (SSSR count). The summed E-state index contributed by atoms with van der Waals surface area (Å²) in [7, 11) is 0. The van der Waals surface area contributed by atoms with E-state index >= 15 is 0 Å². The average Bonchev–Trinajstić information content (AvgIpc) is 3.65. The lowest BCUT2D eigenvalue weighted by molar-refractivity contribution is 0.868. The smallest absolute Gasteiger partial charge is 0.0966 e. The Morgan fingerprint density at radius 2 is 0.812 bits per heavy atom. The van der Waals surface area contributed by atoms with E-state index in [1.165, 1.54) is 65.6 Å². The minimum Gasteiger partial charge on any atom is -0.335 e. The third-order valence-electron chi connectivity index (χ3n) is 9.95. The van der Waals surface area contributed by atoms with Crippen LogP contribution in [0.15, 0.2) is 158 Å². The second-order valence-electron chi connectivity index (χ2n) is 12.7. The van der Waals surface area contributed by atoms with Crippen molar-refractivity contribution >= 4 is 65.4 Å². The zero-order valence-corrected chi connectivity index (χ0v) is 26.2. The quantitative estimate of drug-likeness (QED) is 0.193. The summed E-state index contributed by atoms with van der Waals surface area (Å²) in [6, 6.07) is 52.6. The van der Waals surface area contributed by atoms with Crippen LogP contribution in [0.3, 0.4) is 0 Å². The summed E-state index contributed by atoms with van der Waals surface area (Å²) in [5, 5.41) is 7.44. The van der Waals surface area contributed by atoms with Crippen LogP contribution < -0.4 is 0 Å². The molecule has 0 aliphatic carbocycles. The highest BCUT2D eigenvalue weighted by Crippen LogP contribution is 2.36. The lowest BCUT2D eigenvalue weighted by atomic mass is 10.0. The zero-order chi connectivity index (χ0) is 31.6. The summed E-state index contributed by atoms with van der Waals surface area (Å²) in [5.74, 6) is 0. The molecule has 0 amide bonds. The fraction of sp³-hybridized carbons (Fsp3) is 0.0455. The van der Waals surface area contributed by atoms with Crippen molar-refractivity contribution in [2.24, 2.45) is 0 Å². The molecular formula is C44H30N4. The number of fused-ring (bicyclic) bond motifs is 10. The van der Waals surface area contributed by atoms with Crippen LogP contribution in [0, 0.1) is 0 Å². The Hall–Kier alpha value is -6.26. The third kappa shape index (κ3) is 4.16. The minimum absolute atomic E-state index is 0.784. The summed E-state index contributed by atoms with van der Waals surface area (Å²) in [6.07, 6.45) is 3.80. The van der Waals surface area contributed by atoms with Gasteiger partial charge >= 0.3 is 0 Å². The van der Waals surface area contributed by atoms with Gasteiger partial charge in [-0.3, -0.25) is 9.97 Å². The Balaban J connectivity index is 0.958. The van der Waals surface area contributed by atoms with E-state index in [4.69, 9.17) is 9.97 Å². The molecule has 10 aromatic rings. The first-order valence-electron chi connectivity index (χ1n) is 16.5. The maximum Gasteiger partial charge on any atom is 0.0966 e. The Morgan fingerprint density at radius 1 is 0.375 bits per heavy atom. The van der Waals surface area contributed by atoms with Gasteiger partial charge in [-0.25, -0.2) is 0 Å². The van der Waals surface area contributed by atoms with Gasteiger partial charge in [-0.2, -0.15) is 0 Å². The standard InChI is InChI=1S/C44H30N4/c1-3-9-35-33(7-1)21-23-37-41(35)43-39(11-5-25-45-43)47(37)27-29-13-17-31(18-14-29)32-19-15-30(16-20-32)28-48-38-24-22-34-8-2-4-10-36(34)42(38)44-40(48)12-6-26-46-44/h1-26H,27-28H2. The van der Waals surface area contributed by atoms with Gasteiger partial charge in [0.05, 0.1) is 33.1 Å². The molecule has 0 fully saturated rings. The van der Waals surface area contributed by atoms with Crippen molar-refractivity contribution in [3.8, 4) is 11.1 Å². The zero-order valence-electron chi connectivity index (χ0n) is 26.2. The second-order valence-corrected chi connectivity index (χ2v) is 12.7. The van der Waals surface area contributed by atoms with Crippen molar-refractivity contribution in [2.45, 2.75) is 13.1 Å². The van der Waals surface area contributed by atoms with Gasteiger partial charge < -0.3 is 9.13 Å². The lowest BCUT2D eigenvalue weighted by Gasteiger charge is -2.11. The fourth-order valence-electron chi connectivity index (χ4n) is 7.65. The molecule has 48 heavy (non-hydrogen) atoms. The van der Waals surface area contributed by atoms with Crippen LogP contribution in [-0.2, 0) is 13.1 Å². The van der Waals surface area contributed by atoms with Gasteiger partial charge in [-0.05, 0) is 80.2 Å². The molecule has 0 atom stereocenters. The third-order valence-corrected chi connectivity index (χ3v) is 9.95. The van der Waals surface area contributed by atoms with Crippen molar-refractivity contribution in [1.29, 1.82) is 0 Å². The van der Waals surface area contributed by atoms with Crippen LogP contribution in [0.25, 0.3) is 76.5 Å². The Bertz CT molecular complexity index is 2620. The summed E-state index contributed by atoms with van der Waals surface area (Å²) >= 11 is 0. The van der Waals surface area contributed by atoms with Gasteiger partial charge in [0, 0.05) is 36.3 Å². The molecule has 0 saturated heterocycles. The maximum absolute atomic E-state index is 4.82. The van der Waals surface area contributed by atoms with E-state index in [0.717, 1.165) is 35.2 Å². The lowest BCUT2D eigenvalue weighted by Crippen LogP contribution is -2.00. The number of hydrogen-bond acceptors (Lipinski definition) is 2. The Kier molecular flexibility index (Phi) is 5.97. The molecule has 0 bridgehead atoms. The highest BCUT2D eigenvalue weighted by molar-refractivity contribution is 6.20. The van der Waals surface area contributed by atoms with Crippen LogP contribution >= 0.6 is 0 Å². The van der Waals surface area contributed by atoms with E-state index < -0.39 is 0 Å². The van der Waals surface area contributed by atoms with Crippen molar-refractivity contribution < 1.29 is 0 Å². The van der Waals surface area contributed by atoms with Crippen molar-refractivity contribution in [3.63, 3.8) is 0 Å². The molecule has 0 radical (unpaired) electrons. The molecule has 0 spiro atoms. The molecule has 0 aliphatic rings. The molecule has 4 nitrogen and oxygen atoms in total. The number of benzene rings is 6. The summed E-state index contributed by atoms with van der Waals surface area (Å²) in [6.45, 7) is 1.57. The van der Waals surface area contributed by atoms with Crippen LogP contribution in [0.4, 0.5) is 0 Å². The van der Waals surface area contributed by atoms with Crippen LogP contribution in [0.1, 0.15) is 11.1 Å². The maximum atomic E-state index is 4.82. The Labute approximate surface area is 277 Å². The highest BCUT2D eigenvalue weighted by Gasteiger charge is 2.16. The first kappa shape index (κ1) is 26.9. The minimum atomic E-state index is 0.784. The first-order chi connectivity index (χ1) is 23.8. The van der Waals surface area contributed by atoms with Crippen molar-refractivity contribution in [2.75, 3.05) is 0 Å². The van der Waals surface area contributed by atoms with Crippen LogP contribution in [0.2, 0.25) is 0 Å². The van der Waals surface area contributed by atoms with E-state index in [-0.39, 0.29) is 0 Å². The molecule has 0 saturated carbocycles. The molecule has 226 valence electrons. The summed E-state index contributed by atoms with van der Waals surface area (Å²) < 4.78 is 4.81. The second kappa shape index (κ2) is 10.6. The van der Waals surface area contributed by atoms with Crippen molar-refractivity contribution in [1.82, 2.24) is 19.1 Å². The number of nitrogens with zero attached hydrogens (tertiary/aromatic N) is 4. The van der Waals surface area contributed by atoms with E-state index in [0.29, 0.717) is 0 Å². The topological polar surface area (TPSA) is 35.6 Å². The number of pyridine rings is 2. The molecule has 0 N–H and O–H groups in total. The predicted octanol–water partition coefficient (Wildman–Crippen LogP) is 10.8. The van der Waals surface area contributed by atoms with Gasteiger partial charge in [0.15, 0.2) is 0 Å². The fourth-order valence-corrected chi connectivity index (χ4v) is 7.65. The van der Waals surface area contributed by atoms with Gasteiger partial charge in [-0.1, -0.05) is 109 Å². The molecule has 4 aromatic heterocycles. The summed E-state index contributed by atoms with van der Waals surface area (Å²) in [5.41, 5.74) is 11.8. The van der Waals surface area contributed by atoms with Crippen LogP contribution in [-0.4, -0.2) is 19.1 Å². The number of hydrogen-bond donors (Lipinski definition) is 0. The van der Waals surface area contributed by atoms with Crippen LogP contribution in [0.5, 0.6) is 0 Å². The first-order valence-corrected chi connectivity index (χ1v) is 16.5. The molecule has 4 heterocycles. The SMILES string of the molecule is c1ccc2c(c1)ccc1c2c2ncccc2n1Cc1ccc(-c2ccc(Cn3c4cccnc4c4c5ccccc5ccc43)cc2)cc1. The van der Waals surface area contributed by atoms with E-state index in [1.54, 1.807) is 0 Å². The van der Waals surface area contributed by atoms with E-state index in [2.05, 4.69) is 143 Å². The van der Waals surface area contributed by atoms with Gasteiger partial charge in [0.1, 0.15) is 0 Å². The van der Waals surface area contributed by atoms with Gasteiger partial charge in [0.2, 0.25) is 0 Å². The number of rotatable bonds is 5. The normalized spacial score (nSPS) is 11.9. The monoisotopic (exact) mass is 614 g/mol. The van der Waals surface area contributed by atoms with E-state index in [9.17, 15) is 0 Å². The molecule has 0 aliphatic heterocycles. The molecule has 6 aromatic carbocycles. The van der Waals surface area contributed by atoms with E-state index in [1.807, 2.05) is 24.5 Å². The van der Waals surface area contributed by atoms with Gasteiger partial charge in [-0.15, -0.1) is 0 Å². The largest absolute Gasteiger partial charge is 0.335 e. The molecular weight excluding hydrogens is 585 g/mol.